The fourth-order valence-electron chi connectivity index (χ4n) is 2.31. The zero-order chi connectivity index (χ0) is 15.9. The van der Waals surface area contributed by atoms with Gasteiger partial charge in [0.2, 0.25) is 0 Å². The number of halogens is 1. The Morgan fingerprint density at radius 3 is 2.38 bits per heavy atom. The molecule has 0 radical (unpaired) electrons. The number of carbonyl (C=O) groups excluding carboxylic acids is 1. The molecule has 0 aliphatic heterocycles. The number of nitrogens with zero attached hydrogens (tertiary/aromatic N) is 1. The normalized spacial score (nSPS) is 11.3. The van der Waals surface area contributed by atoms with Gasteiger partial charge in [0, 0.05) is 18.3 Å². The summed E-state index contributed by atoms with van der Waals surface area (Å²) >= 11 is 0. The Morgan fingerprint density at radius 2 is 1.86 bits per heavy atom. The average molecular weight is 295 g/mol. The highest BCUT2D eigenvalue weighted by Gasteiger charge is 2.28. The summed E-state index contributed by atoms with van der Waals surface area (Å²) < 4.78 is 14.3. The van der Waals surface area contributed by atoms with Crippen LogP contribution in [0.5, 0.6) is 0 Å². The third-order valence-electron chi connectivity index (χ3n) is 4.09. The van der Waals surface area contributed by atoms with Crippen LogP contribution in [0.1, 0.15) is 63.7 Å². The van der Waals surface area contributed by atoms with Crippen molar-refractivity contribution in [3.63, 3.8) is 0 Å². The first-order valence-corrected chi connectivity index (χ1v) is 7.74. The van der Waals surface area contributed by atoms with E-state index in [-0.39, 0.29) is 22.8 Å². The van der Waals surface area contributed by atoms with Crippen LogP contribution >= 0.6 is 0 Å². The van der Waals surface area contributed by atoms with Crippen LogP contribution in [-0.4, -0.2) is 23.0 Å². The lowest BCUT2D eigenvalue weighted by atomic mass is 9.89. The van der Waals surface area contributed by atoms with Gasteiger partial charge in [0.15, 0.2) is 11.6 Å². The zero-order valence-electron chi connectivity index (χ0n) is 13.4. The summed E-state index contributed by atoms with van der Waals surface area (Å²) in [5.41, 5.74) is -0.229. The smallest absolute Gasteiger partial charge is 0.254 e. The van der Waals surface area contributed by atoms with Crippen LogP contribution in [-0.2, 0) is 0 Å². The molecule has 1 heterocycles. The molecule has 0 saturated heterocycles. The Morgan fingerprint density at radius 1 is 1.24 bits per heavy atom. The van der Waals surface area contributed by atoms with Gasteiger partial charge in [-0.2, -0.15) is 0 Å². The molecule has 21 heavy (non-hydrogen) atoms. The summed E-state index contributed by atoms with van der Waals surface area (Å²) in [6.07, 6.45) is 4.78. The number of carbonyl (C=O) groups is 1. The third-order valence-corrected chi connectivity index (χ3v) is 4.09. The largest absolute Gasteiger partial charge is 0.368 e. The van der Waals surface area contributed by atoms with E-state index in [9.17, 15) is 9.18 Å². The summed E-state index contributed by atoms with van der Waals surface area (Å²) in [7, 11) is 0. The van der Waals surface area contributed by atoms with Crippen LogP contribution in [0.25, 0.3) is 0 Å². The maximum atomic E-state index is 14.3. The van der Waals surface area contributed by atoms with Gasteiger partial charge in [-0.3, -0.25) is 4.79 Å². The summed E-state index contributed by atoms with van der Waals surface area (Å²) in [5.74, 6) is -0.819. The van der Waals surface area contributed by atoms with Crippen molar-refractivity contribution in [1.29, 1.82) is 0 Å². The number of amides is 1. The fraction of sp³-hybridized carbons (Fsp3) is 0.625. The molecular formula is C16H26FN3O. The molecule has 1 aromatic heterocycles. The molecule has 0 aliphatic rings. The monoisotopic (exact) mass is 295 g/mol. The van der Waals surface area contributed by atoms with Crippen LogP contribution in [0.4, 0.5) is 10.2 Å². The van der Waals surface area contributed by atoms with Crippen LogP contribution < -0.4 is 10.6 Å². The molecular weight excluding hydrogens is 269 g/mol. The maximum absolute atomic E-state index is 14.3. The van der Waals surface area contributed by atoms with Crippen molar-refractivity contribution in [3.8, 4) is 0 Å². The summed E-state index contributed by atoms with van der Waals surface area (Å²) in [6, 6.07) is 1.42. The Bertz CT molecular complexity index is 464. The van der Waals surface area contributed by atoms with E-state index in [4.69, 9.17) is 0 Å². The Balaban J connectivity index is 2.97. The van der Waals surface area contributed by atoms with Crippen molar-refractivity contribution in [2.45, 2.75) is 58.9 Å². The van der Waals surface area contributed by atoms with Crippen molar-refractivity contribution in [2.24, 2.45) is 0 Å². The summed E-state index contributed by atoms with van der Waals surface area (Å²) in [5, 5.41) is 5.88. The fourth-order valence-corrected chi connectivity index (χ4v) is 2.31. The van der Waals surface area contributed by atoms with Gasteiger partial charge < -0.3 is 10.6 Å². The van der Waals surface area contributed by atoms with Crippen LogP contribution in [0.15, 0.2) is 12.3 Å². The lowest BCUT2D eigenvalue weighted by molar-refractivity contribution is 0.0884. The highest BCUT2D eigenvalue weighted by atomic mass is 19.1. The van der Waals surface area contributed by atoms with Crippen LogP contribution in [0.3, 0.4) is 0 Å². The van der Waals surface area contributed by atoms with Crippen molar-refractivity contribution < 1.29 is 9.18 Å². The van der Waals surface area contributed by atoms with Crippen molar-refractivity contribution in [2.75, 3.05) is 11.9 Å². The SMILES string of the molecule is CCCNc1nccc(C(=O)NC(CC)(CC)CC)c1F. The highest BCUT2D eigenvalue weighted by molar-refractivity contribution is 5.95. The number of nitrogens with one attached hydrogen (secondary N) is 2. The number of pyridine rings is 1. The molecule has 0 aliphatic carbocycles. The van der Waals surface area contributed by atoms with Crippen LogP contribution in [0.2, 0.25) is 0 Å². The second kappa shape index (κ2) is 7.96. The van der Waals surface area contributed by atoms with Crippen molar-refractivity contribution in [1.82, 2.24) is 10.3 Å². The van der Waals surface area contributed by atoms with Crippen molar-refractivity contribution in [3.05, 3.63) is 23.6 Å². The molecule has 0 fully saturated rings. The van der Waals surface area contributed by atoms with E-state index in [1.165, 1.54) is 12.3 Å². The number of aromatic nitrogens is 1. The van der Waals surface area contributed by atoms with Gasteiger partial charge >= 0.3 is 0 Å². The maximum Gasteiger partial charge on any atom is 0.254 e. The quantitative estimate of drug-likeness (QED) is 0.768. The van der Waals surface area contributed by atoms with E-state index in [1.54, 1.807) is 0 Å². The van der Waals surface area contributed by atoms with Crippen LogP contribution in [0, 0.1) is 5.82 Å². The topological polar surface area (TPSA) is 54.0 Å². The molecule has 2 N–H and O–H groups in total. The van der Waals surface area contributed by atoms with Gasteiger partial charge in [0.1, 0.15) is 0 Å². The third kappa shape index (κ3) is 4.16. The number of hydrogen-bond donors (Lipinski definition) is 2. The minimum atomic E-state index is -0.583. The predicted octanol–water partition coefficient (Wildman–Crippen LogP) is 3.74. The second-order valence-electron chi connectivity index (χ2n) is 5.24. The molecule has 0 atom stereocenters. The number of anilines is 1. The molecule has 0 aromatic carbocycles. The van der Waals surface area contributed by atoms with Gasteiger partial charge in [-0.05, 0) is 31.7 Å². The lowest BCUT2D eigenvalue weighted by Gasteiger charge is -2.31. The minimum absolute atomic E-state index is 0.0447. The Kier molecular flexibility index (Phi) is 6.59. The first-order chi connectivity index (χ1) is 10.0. The molecule has 0 saturated carbocycles. The number of hydrogen-bond acceptors (Lipinski definition) is 3. The predicted molar refractivity (Wildman–Crippen MR) is 84.0 cm³/mol. The van der Waals surface area contributed by atoms with Crippen molar-refractivity contribution >= 4 is 11.7 Å². The standard InChI is InChI=1S/C16H26FN3O/c1-5-10-18-14-13(17)12(9-11-19-14)15(21)20-16(6-2,7-3)8-4/h9,11H,5-8,10H2,1-4H3,(H,18,19)(H,20,21). The Hall–Kier alpha value is -1.65. The zero-order valence-corrected chi connectivity index (χ0v) is 13.4. The summed E-state index contributed by atoms with van der Waals surface area (Å²) in [4.78, 5) is 16.3. The molecule has 4 nitrogen and oxygen atoms in total. The van der Waals surface area contributed by atoms with Gasteiger partial charge in [-0.15, -0.1) is 0 Å². The van der Waals surface area contributed by atoms with E-state index in [0.29, 0.717) is 6.54 Å². The van der Waals surface area contributed by atoms with E-state index in [2.05, 4.69) is 15.6 Å². The van der Waals surface area contributed by atoms with Gasteiger partial charge in [0.05, 0.1) is 5.56 Å². The number of rotatable bonds is 8. The van der Waals surface area contributed by atoms with E-state index in [1.807, 2.05) is 27.7 Å². The molecule has 0 spiro atoms. The lowest BCUT2D eigenvalue weighted by Crippen LogP contribution is -2.47. The van der Waals surface area contributed by atoms with Gasteiger partial charge in [-0.25, -0.2) is 9.37 Å². The first kappa shape index (κ1) is 17.4. The molecule has 1 aromatic rings. The van der Waals surface area contributed by atoms with E-state index in [0.717, 1.165) is 25.7 Å². The van der Waals surface area contributed by atoms with Gasteiger partial charge in [-0.1, -0.05) is 27.7 Å². The van der Waals surface area contributed by atoms with Gasteiger partial charge in [0.25, 0.3) is 5.91 Å². The molecule has 5 heteroatoms. The second-order valence-corrected chi connectivity index (χ2v) is 5.24. The Labute approximate surface area is 126 Å². The average Bonchev–Trinajstić information content (AvgIpc) is 2.51. The molecule has 0 bridgehead atoms. The first-order valence-electron chi connectivity index (χ1n) is 7.74. The molecule has 118 valence electrons. The van der Waals surface area contributed by atoms with E-state index >= 15 is 0 Å². The summed E-state index contributed by atoms with van der Waals surface area (Å²) in [6.45, 7) is 8.70. The molecule has 1 amide bonds. The minimum Gasteiger partial charge on any atom is -0.368 e. The molecule has 0 unspecified atom stereocenters. The highest BCUT2D eigenvalue weighted by Crippen LogP contribution is 2.21. The van der Waals surface area contributed by atoms with E-state index < -0.39 is 5.82 Å². The molecule has 1 rings (SSSR count).